The third kappa shape index (κ3) is 2.61. The molecule has 2 aliphatic rings. The van der Waals surface area contributed by atoms with Gasteiger partial charge in [0.1, 0.15) is 0 Å². The molecular formula is C16H19NO5. The largest absolute Gasteiger partial charge is 0.455 e. The zero-order valence-corrected chi connectivity index (χ0v) is 12.3. The van der Waals surface area contributed by atoms with E-state index in [1.165, 1.54) is 0 Å². The highest BCUT2D eigenvalue weighted by Gasteiger charge is 2.43. The van der Waals surface area contributed by atoms with Gasteiger partial charge >= 0.3 is 5.97 Å². The lowest BCUT2D eigenvalue weighted by Crippen LogP contribution is -2.40. The Kier molecular flexibility index (Phi) is 3.92. The topological polar surface area (TPSA) is 87.9 Å². The minimum atomic E-state index is -0.727. The van der Waals surface area contributed by atoms with Gasteiger partial charge in [0.05, 0.1) is 5.41 Å². The first-order chi connectivity index (χ1) is 10.6. The average Bonchev–Trinajstić information content (AvgIpc) is 3.00. The lowest BCUT2D eigenvalue weighted by atomic mass is 9.69. The Morgan fingerprint density at radius 3 is 2.59 bits per heavy atom. The normalized spacial score (nSPS) is 18.7. The zero-order valence-electron chi connectivity index (χ0n) is 12.3. The summed E-state index contributed by atoms with van der Waals surface area (Å²) in [7, 11) is 0. The maximum Gasteiger partial charge on any atom is 0.317 e. The smallest absolute Gasteiger partial charge is 0.317 e. The Bertz CT molecular complexity index is 592. The van der Waals surface area contributed by atoms with Crippen molar-refractivity contribution in [2.45, 2.75) is 37.5 Å². The first-order valence-electron chi connectivity index (χ1n) is 7.47. The van der Waals surface area contributed by atoms with Crippen LogP contribution in [-0.4, -0.2) is 25.3 Å². The van der Waals surface area contributed by atoms with Crippen LogP contribution in [0.5, 0.6) is 11.5 Å². The lowest BCUT2D eigenvalue weighted by Gasteiger charge is -2.35. The molecule has 118 valence electrons. The molecule has 0 spiro atoms. The van der Waals surface area contributed by atoms with E-state index >= 15 is 0 Å². The molecule has 1 aromatic rings. The van der Waals surface area contributed by atoms with Crippen LogP contribution in [0.4, 0.5) is 0 Å². The van der Waals surface area contributed by atoms with E-state index < -0.39 is 11.3 Å². The SMILES string of the molecule is NC(=O)COC(=O)C1(c2ccc3c(c2)OCO3)CCCCC1. The zero-order chi connectivity index (χ0) is 15.6. The minimum absolute atomic E-state index is 0.192. The summed E-state index contributed by atoms with van der Waals surface area (Å²) in [5.74, 6) is 0.292. The Hall–Kier alpha value is -2.24. The van der Waals surface area contributed by atoms with E-state index in [0.717, 1.165) is 24.8 Å². The summed E-state index contributed by atoms with van der Waals surface area (Å²) in [5, 5.41) is 0. The van der Waals surface area contributed by atoms with Gasteiger partial charge in [0.25, 0.3) is 5.91 Å². The van der Waals surface area contributed by atoms with E-state index in [0.29, 0.717) is 24.3 Å². The number of rotatable bonds is 4. The maximum atomic E-state index is 12.6. The molecule has 6 heteroatoms. The van der Waals surface area contributed by atoms with Gasteiger partial charge in [0.2, 0.25) is 6.79 Å². The van der Waals surface area contributed by atoms with Gasteiger partial charge in [-0.05, 0) is 30.5 Å². The van der Waals surface area contributed by atoms with Crippen LogP contribution in [0.3, 0.4) is 0 Å². The van der Waals surface area contributed by atoms with Crippen LogP contribution in [0.1, 0.15) is 37.7 Å². The van der Waals surface area contributed by atoms with Crippen molar-refractivity contribution in [1.29, 1.82) is 0 Å². The van der Waals surface area contributed by atoms with Crippen LogP contribution in [0, 0.1) is 0 Å². The number of fused-ring (bicyclic) bond motifs is 1. The maximum absolute atomic E-state index is 12.6. The van der Waals surface area contributed by atoms with Crippen molar-refractivity contribution in [2.75, 3.05) is 13.4 Å². The van der Waals surface area contributed by atoms with Gasteiger partial charge < -0.3 is 19.9 Å². The average molecular weight is 305 g/mol. The monoisotopic (exact) mass is 305 g/mol. The second kappa shape index (κ2) is 5.87. The number of nitrogens with two attached hydrogens (primary N) is 1. The summed E-state index contributed by atoms with van der Waals surface area (Å²) in [6.07, 6.45) is 4.38. The van der Waals surface area contributed by atoms with Crippen molar-refractivity contribution in [3.8, 4) is 11.5 Å². The van der Waals surface area contributed by atoms with Crippen LogP contribution in [0.25, 0.3) is 0 Å². The second-order valence-electron chi connectivity index (χ2n) is 5.75. The number of hydrogen-bond donors (Lipinski definition) is 1. The van der Waals surface area contributed by atoms with Gasteiger partial charge in [-0.2, -0.15) is 0 Å². The molecule has 3 rings (SSSR count). The van der Waals surface area contributed by atoms with E-state index in [1.54, 1.807) is 0 Å². The van der Waals surface area contributed by atoms with Crippen LogP contribution in [-0.2, 0) is 19.7 Å². The Labute approximate surface area is 128 Å². The molecule has 0 saturated heterocycles. The highest BCUT2D eigenvalue weighted by molar-refractivity contribution is 5.86. The molecule has 0 radical (unpaired) electrons. The molecule has 0 unspecified atom stereocenters. The number of esters is 1. The van der Waals surface area contributed by atoms with Crippen LogP contribution in [0.15, 0.2) is 18.2 Å². The molecule has 1 saturated carbocycles. The molecule has 1 aliphatic carbocycles. The molecule has 1 heterocycles. The molecular weight excluding hydrogens is 286 g/mol. The fourth-order valence-corrected chi connectivity index (χ4v) is 3.24. The van der Waals surface area contributed by atoms with Crippen molar-refractivity contribution in [1.82, 2.24) is 0 Å². The van der Waals surface area contributed by atoms with E-state index in [1.807, 2.05) is 18.2 Å². The molecule has 0 bridgehead atoms. The van der Waals surface area contributed by atoms with Gasteiger partial charge in [-0.3, -0.25) is 9.59 Å². The number of benzene rings is 1. The molecule has 6 nitrogen and oxygen atoms in total. The predicted octanol–water partition coefficient (Wildman–Crippen LogP) is 1.65. The van der Waals surface area contributed by atoms with E-state index in [2.05, 4.69) is 0 Å². The molecule has 1 aliphatic heterocycles. The first kappa shape index (κ1) is 14.7. The third-order valence-corrected chi connectivity index (χ3v) is 4.37. The van der Waals surface area contributed by atoms with E-state index in [9.17, 15) is 9.59 Å². The Morgan fingerprint density at radius 2 is 1.86 bits per heavy atom. The third-order valence-electron chi connectivity index (χ3n) is 4.37. The quantitative estimate of drug-likeness (QED) is 0.854. The highest BCUT2D eigenvalue weighted by atomic mass is 16.7. The molecule has 1 amide bonds. The standard InChI is InChI=1S/C16H19NO5/c17-14(18)9-20-15(19)16(6-2-1-3-7-16)11-4-5-12-13(8-11)22-10-21-12/h4-5,8H,1-3,6-7,9-10H2,(H2,17,18). The molecule has 0 atom stereocenters. The van der Waals surface area contributed by atoms with Gasteiger partial charge in [0.15, 0.2) is 18.1 Å². The summed E-state index contributed by atoms with van der Waals surface area (Å²) >= 11 is 0. The van der Waals surface area contributed by atoms with Crippen LogP contribution in [0.2, 0.25) is 0 Å². The molecule has 1 aromatic carbocycles. The molecule has 1 fully saturated rings. The van der Waals surface area contributed by atoms with Crippen LogP contribution >= 0.6 is 0 Å². The molecule has 0 aromatic heterocycles. The van der Waals surface area contributed by atoms with Crippen molar-refractivity contribution < 1.29 is 23.8 Å². The first-order valence-corrected chi connectivity index (χ1v) is 7.47. The van der Waals surface area contributed by atoms with Crippen molar-refractivity contribution >= 4 is 11.9 Å². The van der Waals surface area contributed by atoms with Crippen molar-refractivity contribution in [3.05, 3.63) is 23.8 Å². The second-order valence-corrected chi connectivity index (χ2v) is 5.75. The highest BCUT2D eigenvalue weighted by Crippen LogP contribution is 2.44. The lowest BCUT2D eigenvalue weighted by molar-refractivity contribution is -0.155. The molecule has 22 heavy (non-hydrogen) atoms. The molecule has 2 N–H and O–H groups in total. The van der Waals surface area contributed by atoms with E-state index in [-0.39, 0.29) is 19.4 Å². The number of amides is 1. The van der Waals surface area contributed by atoms with Gasteiger partial charge in [0, 0.05) is 0 Å². The summed E-state index contributed by atoms with van der Waals surface area (Å²) in [4.78, 5) is 23.5. The number of primary amides is 1. The Balaban J connectivity index is 1.91. The van der Waals surface area contributed by atoms with Crippen molar-refractivity contribution in [2.24, 2.45) is 5.73 Å². The summed E-state index contributed by atoms with van der Waals surface area (Å²) in [6.45, 7) is -0.191. The number of hydrogen-bond acceptors (Lipinski definition) is 5. The fraction of sp³-hybridized carbons (Fsp3) is 0.500. The van der Waals surface area contributed by atoms with Gasteiger partial charge in [-0.25, -0.2) is 0 Å². The van der Waals surface area contributed by atoms with E-state index in [4.69, 9.17) is 19.9 Å². The summed E-state index contributed by atoms with van der Waals surface area (Å²) in [6, 6.07) is 5.54. The minimum Gasteiger partial charge on any atom is -0.455 e. The van der Waals surface area contributed by atoms with Crippen LogP contribution < -0.4 is 15.2 Å². The fourth-order valence-electron chi connectivity index (χ4n) is 3.24. The number of carbonyl (C=O) groups excluding carboxylic acids is 2. The van der Waals surface area contributed by atoms with Gasteiger partial charge in [-0.1, -0.05) is 25.3 Å². The summed E-state index contributed by atoms with van der Waals surface area (Å²) < 4.78 is 15.9. The number of carbonyl (C=O) groups is 2. The number of ether oxygens (including phenoxy) is 3. The predicted molar refractivity (Wildman–Crippen MR) is 77.5 cm³/mol. The summed E-state index contributed by atoms with van der Waals surface area (Å²) in [5.41, 5.74) is 5.20. The Morgan fingerprint density at radius 1 is 1.14 bits per heavy atom. The van der Waals surface area contributed by atoms with Crippen molar-refractivity contribution in [3.63, 3.8) is 0 Å². The van der Waals surface area contributed by atoms with Gasteiger partial charge in [-0.15, -0.1) is 0 Å².